The fourth-order valence-corrected chi connectivity index (χ4v) is 2.14. The SMILES string of the molecule is CCCC1OCC(C)(OCc2ccccc2C)CO1. The predicted octanol–water partition coefficient (Wildman–Crippen LogP) is 3.44. The number of aryl methyl sites for hydroxylation is 1. The van der Waals surface area contributed by atoms with Crippen LogP contribution in [0.3, 0.4) is 0 Å². The summed E-state index contributed by atoms with van der Waals surface area (Å²) in [6, 6.07) is 8.29. The zero-order valence-electron chi connectivity index (χ0n) is 12.1. The molecule has 19 heavy (non-hydrogen) atoms. The summed E-state index contributed by atoms with van der Waals surface area (Å²) in [5.74, 6) is 0. The molecular formula is C16H24O3. The molecule has 0 saturated carbocycles. The van der Waals surface area contributed by atoms with Gasteiger partial charge in [-0.1, -0.05) is 37.6 Å². The van der Waals surface area contributed by atoms with E-state index in [0.717, 1.165) is 12.8 Å². The van der Waals surface area contributed by atoms with Crippen LogP contribution in [0.25, 0.3) is 0 Å². The van der Waals surface area contributed by atoms with Crippen molar-refractivity contribution in [2.24, 2.45) is 0 Å². The zero-order valence-corrected chi connectivity index (χ0v) is 12.1. The molecule has 1 heterocycles. The van der Waals surface area contributed by atoms with E-state index < -0.39 is 0 Å². The number of rotatable bonds is 5. The summed E-state index contributed by atoms with van der Waals surface area (Å²) >= 11 is 0. The van der Waals surface area contributed by atoms with E-state index in [1.54, 1.807) is 0 Å². The fourth-order valence-electron chi connectivity index (χ4n) is 2.14. The van der Waals surface area contributed by atoms with Crippen molar-refractivity contribution in [1.29, 1.82) is 0 Å². The van der Waals surface area contributed by atoms with Crippen molar-refractivity contribution in [3.63, 3.8) is 0 Å². The van der Waals surface area contributed by atoms with Crippen LogP contribution in [0.5, 0.6) is 0 Å². The second kappa shape index (κ2) is 6.51. The summed E-state index contributed by atoms with van der Waals surface area (Å²) in [6.07, 6.45) is 1.97. The molecule has 1 aromatic carbocycles. The number of ether oxygens (including phenoxy) is 3. The van der Waals surface area contributed by atoms with Crippen LogP contribution >= 0.6 is 0 Å². The van der Waals surface area contributed by atoms with Gasteiger partial charge in [0.25, 0.3) is 0 Å². The third kappa shape index (κ3) is 4.03. The van der Waals surface area contributed by atoms with Crippen LogP contribution in [-0.2, 0) is 20.8 Å². The standard InChI is InChI=1S/C16H24O3/c1-4-7-15-17-11-16(3,12-18-15)19-10-14-9-6-5-8-13(14)2/h5-6,8-9,15H,4,7,10-12H2,1-3H3. The minimum atomic E-state index is -0.341. The lowest BCUT2D eigenvalue weighted by molar-refractivity contribution is -0.264. The van der Waals surface area contributed by atoms with Crippen LogP contribution in [0.1, 0.15) is 37.8 Å². The Morgan fingerprint density at radius 3 is 2.58 bits per heavy atom. The smallest absolute Gasteiger partial charge is 0.157 e. The molecule has 0 aliphatic carbocycles. The van der Waals surface area contributed by atoms with Crippen molar-refractivity contribution in [3.8, 4) is 0 Å². The van der Waals surface area contributed by atoms with Gasteiger partial charge in [0, 0.05) is 0 Å². The normalized spacial score (nSPS) is 27.4. The van der Waals surface area contributed by atoms with E-state index in [9.17, 15) is 0 Å². The van der Waals surface area contributed by atoms with E-state index in [1.807, 2.05) is 19.1 Å². The summed E-state index contributed by atoms with van der Waals surface area (Å²) in [6.45, 7) is 8.09. The van der Waals surface area contributed by atoms with Crippen molar-refractivity contribution >= 4 is 0 Å². The van der Waals surface area contributed by atoms with E-state index in [-0.39, 0.29) is 11.9 Å². The van der Waals surface area contributed by atoms with Gasteiger partial charge < -0.3 is 14.2 Å². The van der Waals surface area contributed by atoms with Crippen molar-refractivity contribution in [1.82, 2.24) is 0 Å². The quantitative estimate of drug-likeness (QED) is 0.815. The molecule has 2 rings (SSSR count). The summed E-state index contributed by atoms with van der Waals surface area (Å²) in [4.78, 5) is 0. The average Bonchev–Trinajstić information content (AvgIpc) is 2.41. The molecule has 0 spiro atoms. The molecule has 1 aromatic rings. The maximum atomic E-state index is 6.01. The van der Waals surface area contributed by atoms with Crippen LogP contribution < -0.4 is 0 Å². The molecular weight excluding hydrogens is 240 g/mol. The Morgan fingerprint density at radius 1 is 1.26 bits per heavy atom. The van der Waals surface area contributed by atoms with Gasteiger partial charge in [-0.3, -0.25) is 0 Å². The van der Waals surface area contributed by atoms with Gasteiger partial charge in [-0.15, -0.1) is 0 Å². The van der Waals surface area contributed by atoms with Crippen molar-refractivity contribution < 1.29 is 14.2 Å². The van der Waals surface area contributed by atoms with Crippen molar-refractivity contribution in [2.45, 2.75) is 52.1 Å². The topological polar surface area (TPSA) is 27.7 Å². The van der Waals surface area contributed by atoms with Crippen LogP contribution in [0.15, 0.2) is 24.3 Å². The Bertz CT molecular complexity index is 395. The summed E-state index contributed by atoms with van der Waals surface area (Å²) < 4.78 is 17.4. The first-order valence-electron chi connectivity index (χ1n) is 7.04. The molecule has 1 aliphatic rings. The molecule has 0 amide bonds. The monoisotopic (exact) mass is 264 g/mol. The maximum absolute atomic E-state index is 6.01. The van der Waals surface area contributed by atoms with Gasteiger partial charge in [0.1, 0.15) is 5.60 Å². The average molecular weight is 264 g/mol. The zero-order chi connectivity index (χ0) is 13.7. The number of benzene rings is 1. The first kappa shape index (κ1) is 14.5. The fraction of sp³-hybridized carbons (Fsp3) is 0.625. The molecule has 0 radical (unpaired) electrons. The van der Waals surface area contributed by atoms with Gasteiger partial charge in [-0.25, -0.2) is 0 Å². The Labute approximate surface area is 115 Å². The van der Waals surface area contributed by atoms with Crippen LogP contribution in [0, 0.1) is 6.92 Å². The second-order valence-corrected chi connectivity index (χ2v) is 5.51. The van der Waals surface area contributed by atoms with E-state index >= 15 is 0 Å². The summed E-state index contributed by atoms with van der Waals surface area (Å²) in [7, 11) is 0. The lowest BCUT2D eigenvalue weighted by atomic mass is 10.1. The Hall–Kier alpha value is -0.900. The lowest BCUT2D eigenvalue weighted by Gasteiger charge is -2.37. The molecule has 0 unspecified atom stereocenters. The van der Waals surface area contributed by atoms with Gasteiger partial charge in [-0.05, 0) is 31.4 Å². The second-order valence-electron chi connectivity index (χ2n) is 5.51. The first-order valence-corrected chi connectivity index (χ1v) is 7.04. The van der Waals surface area contributed by atoms with Gasteiger partial charge in [0.05, 0.1) is 19.8 Å². The van der Waals surface area contributed by atoms with Crippen LogP contribution in [-0.4, -0.2) is 25.1 Å². The van der Waals surface area contributed by atoms with Gasteiger partial charge in [0.15, 0.2) is 6.29 Å². The summed E-state index contributed by atoms with van der Waals surface area (Å²) in [5, 5.41) is 0. The third-order valence-electron chi connectivity index (χ3n) is 3.51. The molecule has 106 valence electrons. The Kier molecular flexibility index (Phi) is 4.97. The highest BCUT2D eigenvalue weighted by Gasteiger charge is 2.33. The highest BCUT2D eigenvalue weighted by Crippen LogP contribution is 2.23. The van der Waals surface area contributed by atoms with Crippen LogP contribution in [0.2, 0.25) is 0 Å². The van der Waals surface area contributed by atoms with E-state index in [4.69, 9.17) is 14.2 Å². The van der Waals surface area contributed by atoms with Crippen LogP contribution in [0.4, 0.5) is 0 Å². The number of hydrogen-bond donors (Lipinski definition) is 0. The molecule has 1 fully saturated rings. The predicted molar refractivity (Wildman–Crippen MR) is 75.0 cm³/mol. The van der Waals surface area contributed by atoms with E-state index in [2.05, 4.69) is 26.0 Å². The molecule has 0 atom stereocenters. The lowest BCUT2D eigenvalue weighted by Crippen LogP contribution is -2.47. The minimum Gasteiger partial charge on any atom is -0.366 e. The Balaban J connectivity index is 1.84. The molecule has 0 aromatic heterocycles. The highest BCUT2D eigenvalue weighted by molar-refractivity contribution is 5.24. The first-order chi connectivity index (χ1) is 9.13. The highest BCUT2D eigenvalue weighted by atomic mass is 16.7. The minimum absolute atomic E-state index is 0.0554. The Morgan fingerprint density at radius 2 is 1.95 bits per heavy atom. The van der Waals surface area contributed by atoms with Gasteiger partial charge in [0.2, 0.25) is 0 Å². The van der Waals surface area contributed by atoms with Gasteiger partial charge in [-0.2, -0.15) is 0 Å². The summed E-state index contributed by atoms with van der Waals surface area (Å²) in [5.41, 5.74) is 2.14. The third-order valence-corrected chi connectivity index (χ3v) is 3.51. The maximum Gasteiger partial charge on any atom is 0.157 e. The van der Waals surface area contributed by atoms with E-state index in [0.29, 0.717) is 19.8 Å². The molecule has 3 nitrogen and oxygen atoms in total. The molecule has 3 heteroatoms. The van der Waals surface area contributed by atoms with E-state index in [1.165, 1.54) is 11.1 Å². The van der Waals surface area contributed by atoms with Crippen molar-refractivity contribution in [2.75, 3.05) is 13.2 Å². The molecule has 0 N–H and O–H groups in total. The van der Waals surface area contributed by atoms with Gasteiger partial charge >= 0.3 is 0 Å². The largest absolute Gasteiger partial charge is 0.366 e. The molecule has 1 saturated heterocycles. The number of hydrogen-bond acceptors (Lipinski definition) is 3. The molecule has 0 bridgehead atoms. The van der Waals surface area contributed by atoms with Crippen molar-refractivity contribution in [3.05, 3.63) is 35.4 Å². The molecule has 1 aliphatic heterocycles.